The quantitative estimate of drug-likeness (QED) is 0.377. The van der Waals surface area contributed by atoms with E-state index in [0.717, 1.165) is 39.5 Å². The lowest BCUT2D eigenvalue weighted by Gasteiger charge is -2.17. The maximum Gasteiger partial charge on any atom is 0.224 e. The molecule has 1 N–H and O–H groups in total. The number of carbonyl (C=O) groups is 1. The van der Waals surface area contributed by atoms with Gasteiger partial charge >= 0.3 is 0 Å². The predicted molar refractivity (Wildman–Crippen MR) is 134 cm³/mol. The molecule has 0 bridgehead atoms. The van der Waals surface area contributed by atoms with Gasteiger partial charge in [0.15, 0.2) is 0 Å². The summed E-state index contributed by atoms with van der Waals surface area (Å²) < 4.78 is 13.4. The van der Waals surface area contributed by atoms with Gasteiger partial charge in [-0.3, -0.25) is 4.79 Å². The molecule has 0 aliphatic rings. The number of hydrogen-bond donors (Lipinski definition) is 1. The van der Waals surface area contributed by atoms with E-state index in [1.807, 2.05) is 55.5 Å². The number of carbonyl (C=O) groups excluding carboxylic acids is 1. The molecule has 0 radical (unpaired) electrons. The fraction of sp³-hybridized carbons (Fsp3) is 0.286. The lowest BCUT2D eigenvalue weighted by atomic mass is 10.1. The first kappa shape index (κ1) is 23.4. The van der Waals surface area contributed by atoms with Crippen molar-refractivity contribution >= 4 is 16.9 Å². The summed E-state index contributed by atoms with van der Waals surface area (Å²) in [6.07, 6.45) is 0.296. The minimum Gasteiger partial charge on any atom is -0.497 e. The molecule has 0 saturated carbocycles. The van der Waals surface area contributed by atoms with Crippen LogP contribution in [0.25, 0.3) is 11.0 Å². The van der Waals surface area contributed by atoms with Crippen LogP contribution in [0, 0.1) is 13.8 Å². The molecular formula is C28H31N3O3. The Hall–Kier alpha value is -3.80. The van der Waals surface area contributed by atoms with Crippen molar-refractivity contribution in [2.24, 2.45) is 0 Å². The molecule has 6 heteroatoms. The molecule has 1 unspecified atom stereocenters. The third-order valence-corrected chi connectivity index (χ3v) is 5.88. The fourth-order valence-electron chi connectivity index (χ4n) is 4.15. The SMILES string of the molecule is COc1ccc(CC(=O)NC(C)c2nc3ccccc3n2CCOc2ccc(C)cc2C)cc1. The van der Waals surface area contributed by atoms with E-state index in [1.54, 1.807) is 7.11 Å². The summed E-state index contributed by atoms with van der Waals surface area (Å²) >= 11 is 0. The zero-order valence-corrected chi connectivity index (χ0v) is 20.2. The molecule has 6 nitrogen and oxygen atoms in total. The number of nitrogens with zero attached hydrogens (tertiary/aromatic N) is 2. The molecule has 34 heavy (non-hydrogen) atoms. The van der Waals surface area contributed by atoms with E-state index >= 15 is 0 Å². The fourth-order valence-corrected chi connectivity index (χ4v) is 4.15. The molecule has 0 spiro atoms. The number of ether oxygens (including phenoxy) is 2. The van der Waals surface area contributed by atoms with Crippen molar-refractivity contribution in [3.05, 3.63) is 89.2 Å². The summed E-state index contributed by atoms with van der Waals surface area (Å²) in [6, 6.07) is 21.5. The highest BCUT2D eigenvalue weighted by molar-refractivity contribution is 5.79. The molecule has 0 fully saturated rings. The second-order valence-electron chi connectivity index (χ2n) is 8.54. The second kappa shape index (κ2) is 10.4. The Morgan fingerprint density at radius 3 is 2.56 bits per heavy atom. The van der Waals surface area contributed by atoms with E-state index in [4.69, 9.17) is 14.5 Å². The number of benzene rings is 3. The van der Waals surface area contributed by atoms with Crippen LogP contribution in [0.5, 0.6) is 11.5 Å². The van der Waals surface area contributed by atoms with Crippen LogP contribution in [0.15, 0.2) is 66.7 Å². The summed E-state index contributed by atoms with van der Waals surface area (Å²) in [4.78, 5) is 17.6. The number of imidazole rings is 1. The zero-order valence-electron chi connectivity index (χ0n) is 20.2. The van der Waals surface area contributed by atoms with Gasteiger partial charge in [-0.15, -0.1) is 0 Å². The molecule has 4 aromatic rings. The normalized spacial score (nSPS) is 11.9. The number of aromatic nitrogens is 2. The first-order valence-electron chi connectivity index (χ1n) is 11.5. The summed E-state index contributed by atoms with van der Waals surface area (Å²) in [6.45, 7) is 7.23. The van der Waals surface area contributed by atoms with Gasteiger partial charge in [-0.25, -0.2) is 4.98 Å². The second-order valence-corrected chi connectivity index (χ2v) is 8.54. The minimum atomic E-state index is -0.251. The number of amides is 1. The van der Waals surface area contributed by atoms with Crippen molar-refractivity contribution in [1.29, 1.82) is 0 Å². The predicted octanol–water partition coefficient (Wildman–Crippen LogP) is 5.16. The van der Waals surface area contributed by atoms with Crippen LogP contribution in [-0.4, -0.2) is 29.2 Å². The van der Waals surface area contributed by atoms with Crippen molar-refractivity contribution in [2.75, 3.05) is 13.7 Å². The van der Waals surface area contributed by atoms with E-state index in [-0.39, 0.29) is 11.9 Å². The Morgan fingerprint density at radius 1 is 1.06 bits per heavy atom. The summed E-state index contributed by atoms with van der Waals surface area (Å²) in [5.74, 6) is 2.42. The topological polar surface area (TPSA) is 65.4 Å². The molecule has 3 aromatic carbocycles. The van der Waals surface area contributed by atoms with Crippen LogP contribution in [0.2, 0.25) is 0 Å². The number of para-hydroxylation sites is 2. The van der Waals surface area contributed by atoms with Crippen LogP contribution in [0.1, 0.15) is 35.5 Å². The zero-order chi connectivity index (χ0) is 24.1. The van der Waals surface area contributed by atoms with Crippen LogP contribution in [0.4, 0.5) is 0 Å². The van der Waals surface area contributed by atoms with Gasteiger partial charge < -0.3 is 19.4 Å². The van der Waals surface area contributed by atoms with Gasteiger partial charge in [-0.05, 0) is 62.2 Å². The van der Waals surface area contributed by atoms with Crippen molar-refractivity contribution in [3.63, 3.8) is 0 Å². The van der Waals surface area contributed by atoms with Gasteiger partial charge in [0.1, 0.15) is 23.9 Å². The molecule has 1 atom stereocenters. The number of nitrogens with one attached hydrogen (secondary N) is 1. The van der Waals surface area contributed by atoms with E-state index in [0.29, 0.717) is 19.6 Å². The number of hydrogen-bond acceptors (Lipinski definition) is 4. The molecule has 1 amide bonds. The summed E-state index contributed by atoms with van der Waals surface area (Å²) in [5, 5.41) is 3.10. The summed E-state index contributed by atoms with van der Waals surface area (Å²) in [5.41, 5.74) is 5.20. The van der Waals surface area contributed by atoms with E-state index in [9.17, 15) is 4.79 Å². The molecular weight excluding hydrogens is 426 g/mol. The van der Waals surface area contributed by atoms with E-state index < -0.39 is 0 Å². The highest BCUT2D eigenvalue weighted by atomic mass is 16.5. The van der Waals surface area contributed by atoms with Gasteiger partial charge in [0.2, 0.25) is 5.91 Å². The Morgan fingerprint density at radius 2 is 1.82 bits per heavy atom. The van der Waals surface area contributed by atoms with Gasteiger partial charge in [0.05, 0.1) is 37.2 Å². The molecule has 0 aliphatic heterocycles. The van der Waals surface area contributed by atoms with Crippen LogP contribution in [-0.2, 0) is 17.8 Å². The standard InChI is InChI=1S/C28H31N3O3/c1-19-9-14-26(20(2)17-19)34-16-15-31-25-8-6-5-7-24(25)30-28(31)21(3)29-27(32)18-22-10-12-23(33-4)13-11-22/h5-14,17,21H,15-16,18H2,1-4H3,(H,29,32). The van der Waals surface area contributed by atoms with Crippen LogP contribution >= 0.6 is 0 Å². The van der Waals surface area contributed by atoms with Crippen molar-refractivity contribution < 1.29 is 14.3 Å². The molecule has 1 aromatic heterocycles. The van der Waals surface area contributed by atoms with Crippen molar-refractivity contribution in [1.82, 2.24) is 14.9 Å². The number of rotatable bonds is 9. The first-order valence-corrected chi connectivity index (χ1v) is 11.5. The maximum absolute atomic E-state index is 12.7. The molecule has 4 rings (SSSR count). The van der Waals surface area contributed by atoms with E-state index in [1.165, 1.54) is 5.56 Å². The molecule has 0 aliphatic carbocycles. The number of fused-ring (bicyclic) bond motifs is 1. The Bertz CT molecular complexity index is 1280. The van der Waals surface area contributed by atoms with Crippen LogP contribution < -0.4 is 14.8 Å². The number of aryl methyl sites for hydroxylation is 2. The van der Waals surface area contributed by atoms with Crippen LogP contribution in [0.3, 0.4) is 0 Å². The highest BCUT2D eigenvalue weighted by Crippen LogP contribution is 2.23. The maximum atomic E-state index is 12.7. The average Bonchev–Trinajstić information content (AvgIpc) is 3.20. The molecule has 176 valence electrons. The monoisotopic (exact) mass is 457 g/mol. The van der Waals surface area contributed by atoms with Gasteiger partial charge in [0.25, 0.3) is 0 Å². The van der Waals surface area contributed by atoms with Gasteiger partial charge in [-0.2, -0.15) is 0 Å². The molecule has 1 heterocycles. The van der Waals surface area contributed by atoms with Gasteiger partial charge in [-0.1, -0.05) is 42.0 Å². The first-order chi connectivity index (χ1) is 16.4. The molecule has 0 saturated heterocycles. The highest BCUT2D eigenvalue weighted by Gasteiger charge is 2.19. The average molecular weight is 458 g/mol. The van der Waals surface area contributed by atoms with E-state index in [2.05, 4.69) is 41.9 Å². The third-order valence-electron chi connectivity index (χ3n) is 5.88. The Labute approximate surface area is 200 Å². The Balaban J connectivity index is 1.47. The minimum absolute atomic E-state index is 0.0530. The lowest BCUT2D eigenvalue weighted by molar-refractivity contribution is -0.121. The largest absolute Gasteiger partial charge is 0.497 e. The lowest BCUT2D eigenvalue weighted by Crippen LogP contribution is -2.30. The van der Waals surface area contributed by atoms with Gasteiger partial charge in [0, 0.05) is 0 Å². The third kappa shape index (κ3) is 5.39. The van der Waals surface area contributed by atoms with Crippen molar-refractivity contribution in [3.8, 4) is 11.5 Å². The van der Waals surface area contributed by atoms with Crippen molar-refractivity contribution in [2.45, 2.75) is 39.8 Å². The number of methoxy groups -OCH3 is 1. The smallest absolute Gasteiger partial charge is 0.224 e. The Kier molecular flexibility index (Phi) is 7.16. The summed E-state index contributed by atoms with van der Waals surface area (Å²) in [7, 11) is 1.63.